The van der Waals surface area contributed by atoms with Crippen molar-refractivity contribution in [3.8, 4) is 0 Å². The molecule has 2 aromatic heterocycles. The molecule has 0 spiro atoms. The quantitative estimate of drug-likeness (QED) is 0.667. The molecule has 0 saturated heterocycles. The van der Waals surface area contributed by atoms with Crippen molar-refractivity contribution in [2.24, 2.45) is 5.92 Å². The minimum absolute atomic E-state index is 0.257. The van der Waals surface area contributed by atoms with Crippen molar-refractivity contribution >= 4 is 34.2 Å². The number of anilines is 1. The van der Waals surface area contributed by atoms with Gasteiger partial charge in [-0.05, 0) is 56.2 Å². The first-order chi connectivity index (χ1) is 14.4. The standard InChI is InChI=1S/C22H26N2O5S/c1-4-16(29-21(26)14-7-6-10-23-12-14)19(25)24-20-18(22(27)28-5-2)15-9-8-13(3)11-17(15)30-20/h6-7,10,12-13,16H,4-5,8-9,11H2,1-3H3,(H,24,25). The Bertz CT molecular complexity index is 925. The van der Waals surface area contributed by atoms with Crippen LogP contribution in [0.25, 0.3) is 0 Å². The molecule has 0 fully saturated rings. The first-order valence-corrected chi connectivity index (χ1v) is 11.0. The molecule has 7 nitrogen and oxygen atoms in total. The third-order valence-corrected chi connectivity index (χ3v) is 6.21. The van der Waals surface area contributed by atoms with E-state index >= 15 is 0 Å². The number of carbonyl (C=O) groups excluding carboxylic acids is 3. The number of fused-ring (bicyclic) bond motifs is 1. The molecule has 1 amide bonds. The second-order valence-electron chi connectivity index (χ2n) is 7.31. The molecule has 0 bridgehead atoms. The minimum Gasteiger partial charge on any atom is -0.462 e. The van der Waals surface area contributed by atoms with E-state index in [0.717, 1.165) is 29.7 Å². The summed E-state index contributed by atoms with van der Waals surface area (Å²) in [5.41, 5.74) is 1.68. The normalized spacial score (nSPS) is 16.3. The number of carbonyl (C=O) groups is 3. The Morgan fingerprint density at radius 1 is 1.30 bits per heavy atom. The average molecular weight is 431 g/mol. The van der Waals surface area contributed by atoms with E-state index in [1.165, 1.54) is 17.5 Å². The molecule has 2 unspecified atom stereocenters. The van der Waals surface area contributed by atoms with Crippen molar-refractivity contribution < 1.29 is 23.9 Å². The largest absolute Gasteiger partial charge is 0.462 e. The van der Waals surface area contributed by atoms with Crippen LogP contribution in [0.2, 0.25) is 0 Å². The third kappa shape index (κ3) is 4.87. The summed E-state index contributed by atoms with van der Waals surface area (Å²) in [6, 6.07) is 3.20. The van der Waals surface area contributed by atoms with Gasteiger partial charge in [0, 0.05) is 17.3 Å². The van der Waals surface area contributed by atoms with Gasteiger partial charge in [0.1, 0.15) is 5.00 Å². The summed E-state index contributed by atoms with van der Waals surface area (Å²) in [4.78, 5) is 42.8. The average Bonchev–Trinajstić information content (AvgIpc) is 3.09. The fraction of sp³-hybridized carbons (Fsp3) is 0.455. The molecule has 0 saturated carbocycles. The summed E-state index contributed by atoms with van der Waals surface area (Å²) < 4.78 is 10.6. The summed E-state index contributed by atoms with van der Waals surface area (Å²) in [5, 5.41) is 3.28. The maximum Gasteiger partial charge on any atom is 0.341 e. The van der Waals surface area contributed by atoms with Crippen LogP contribution in [0.5, 0.6) is 0 Å². The van der Waals surface area contributed by atoms with Gasteiger partial charge in [0.2, 0.25) is 0 Å². The van der Waals surface area contributed by atoms with Gasteiger partial charge < -0.3 is 14.8 Å². The van der Waals surface area contributed by atoms with E-state index in [1.807, 2.05) is 0 Å². The smallest absolute Gasteiger partial charge is 0.341 e. The van der Waals surface area contributed by atoms with Gasteiger partial charge in [-0.2, -0.15) is 0 Å². The van der Waals surface area contributed by atoms with Crippen LogP contribution in [0.1, 0.15) is 64.8 Å². The van der Waals surface area contributed by atoms with E-state index in [2.05, 4.69) is 17.2 Å². The summed E-state index contributed by atoms with van der Waals surface area (Å²) in [6.45, 7) is 5.94. The van der Waals surface area contributed by atoms with Crippen LogP contribution in [0.3, 0.4) is 0 Å². The van der Waals surface area contributed by atoms with E-state index in [9.17, 15) is 14.4 Å². The topological polar surface area (TPSA) is 94.6 Å². The van der Waals surface area contributed by atoms with E-state index in [0.29, 0.717) is 22.9 Å². The van der Waals surface area contributed by atoms with Gasteiger partial charge in [-0.15, -0.1) is 11.3 Å². The number of hydrogen-bond donors (Lipinski definition) is 1. The first-order valence-electron chi connectivity index (χ1n) is 10.2. The predicted octanol–water partition coefficient (Wildman–Crippen LogP) is 4.02. The molecule has 160 valence electrons. The number of aromatic nitrogens is 1. The Morgan fingerprint density at radius 3 is 2.77 bits per heavy atom. The number of hydrogen-bond acceptors (Lipinski definition) is 7. The zero-order chi connectivity index (χ0) is 21.7. The number of thiophene rings is 1. The van der Waals surface area contributed by atoms with Gasteiger partial charge in [0.25, 0.3) is 5.91 Å². The Labute approximate surface area is 179 Å². The number of rotatable bonds is 7. The second-order valence-corrected chi connectivity index (χ2v) is 8.41. The molecular weight excluding hydrogens is 404 g/mol. The zero-order valence-corrected chi connectivity index (χ0v) is 18.2. The maximum atomic E-state index is 12.9. The van der Waals surface area contributed by atoms with Gasteiger partial charge in [-0.25, -0.2) is 9.59 Å². The number of nitrogens with one attached hydrogen (secondary N) is 1. The van der Waals surface area contributed by atoms with Crippen molar-refractivity contribution in [2.75, 3.05) is 11.9 Å². The summed E-state index contributed by atoms with van der Waals surface area (Å²) in [5.74, 6) is -0.985. The van der Waals surface area contributed by atoms with Crippen molar-refractivity contribution in [3.05, 3.63) is 46.1 Å². The van der Waals surface area contributed by atoms with Gasteiger partial charge in [0.15, 0.2) is 6.10 Å². The lowest BCUT2D eigenvalue weighted by molar-refractivity contribution is -0.124. The zero-order valence-electron chi connectivity index (χ0n) is 17.4. The van der Waals surface area contributed by atoms with Crippen LogP contribution in [0, 0.1) is 5.92 Å². The highest BCUT2D eigenvalue weighted by Crippen LogP contribution is 2.40. The number of ether oxygens (including phenoxy) is 2. The third-order valence-electron chi connectivity index (χ3n) is 5.04. The molecular formula is C22H26N2O5S. The van der Waals surface area contributed by atoms with Gasteiger partial charge in [-0.1, -0.05) is 13.8 Å². The molecule has 2 heterocycles. The number of pyridine rings is 1. The molecule has 0 aromatic carbocycles. The highest BCUT2D eigenvalue weighted by molar-refractivity contribution is 7.17. The highest BCUT2D eigenvalue weighted by atomic mass is 32.1. The van der Waals surface area contributed by atoms with Crippen LogP contribution in [0.15, 0.2) is 24.5 Å². The summed E-state index contributed by atoms with van der Waals surface area (Å²) >= 11 is 1.41. The predicted molar refractivity (Wildman–Crippen MR) is 114 cm³/mol. The minimum atomic E-state index is -0.981. The Balaban J connectivity index is 1.80. The lowest BCUT2D eigenvalue weighted by Gasteiger charge is -2.18. The van der Waals surface area contributed by atoms with Crippen LogP contribution in [0.4, 0.5) is 5.00 Å². The molecule has 0 aliphatic heterocycles. The van der Waals surface area contributed by atoms with E-state index in [-0.39, 0.29) is 12.2 Å². The van der Waals surface area contributed by atoms with Gasteiger partial charge in [0.05, 0.1) is 17.7 Å². The van der Waals surface area contributed by atoms with Crippen LogP contribution < -0.4 is 5.32 Å². The summed E-state index contributed by atoms with van der Waals surface area (Å²) in [7, 11) is 0. The Morgan fingerprint density at radius 2 is 2.10 bits per heavy atom. The van der Waals surface area contributed by atoms with Crippen molar-refractivity contribution in [1.29, 1.82) is 0 Å². The molecule has 2 atom stereocenters. The fourth-order valence-corrected chi connectivity index (χ4v) is 4.86. The number of amides is 1. The van der Waals surface area contributed by atoms with Crippen molar-refractivity contribution in [1.82, 2.24) is 4.98 Å². The van der Waals surface area contributed by atoms with Crippen LogP contribution in [-0.2, 0) is 27.1 Å². The molecule has 0 radical (unpaired) electrons. The van der Waals surface area contributed by atoms with Gasteiger partial charge >= 0.3 is 11.9 Å². The van der Waals surface area contributed by atoms with Crippen molar-refractivity contribution in [3.63, 3.8) is 0 Å². The van der Waals surface area contributed by atoms with Crippen molar-refractivity contribution in [2.45, 2.75) is 52.6 Å². The summed E-state index contributed by atoms with van der Waals surface area (Å²) in [6.07, 6.45) is 4.90. The van der Waals surface area contributed by atoms with Crippen LogP contribution >= 0.6 is 11.3 Å². The Kier molecular flexibility index (Phi) is 7.20. The molecule has 2 aromatic rings. The second kappa shape index (κ2) is 9.84. The monoisotopic (exact) mass is 430 g/mol. The lowest BCUT2D eigenvalue weighted by Crippen LogP contribution is -2.32. The van der Waals surface area contributed by atoms with E-state index in [1.54, 1.807) is 32.2 Å². The molecule has 1 aliphatic rings. The fourth-order valence-electron chi connectivity index (χ4n) is 3.45. The van der Waals surface area contributed by atoms with E-state index in [4.69, 9.17) is 9.47 Å². The Hall–Kier alpha value is -2.74. The molecule has 1 N–H and O–H groups in total. The SMILES string of the molecule is CCOC(=O)c1c(NC(=O)C(CC)OC(=O)c2cccnc2)sc2c1CCC(C)C2. The first kappa shape index (κ1) is 22.0. The lowest BCUT2D eigenvalue weighted by atomic mass is 9.88. The molecule has 3 rings (SSSR count). The number of nitrogens with zero attached hydrogens (tertiary/aromatic N) is 1. The maximum absolute atomic E-state index is 12.9. The molecule has 1 aliphatic carbocycles. The van der Waals surface area contributed by atoms with E-state index < -0.39 is 23.9 Å². The number of esters is 2. The molecule has 30 heavy (non-hydrogen) atoms. The van der Waals surface area contributed by atoms with Crippen LogP contribution in [-0.4, -0.2) is 35.5 Å². The van der Waals surface area contributed by atoms with Gasteiger partial charge in [-0.3, -0.25) is 9.78 Å². The highest BCUT2D eigenvalue weighted by Gasteiger charge is 2.31. The molecule has 8 heteroatoms.